The maximum absolute atomic E-state index is 12.8. The van der Waals surface area contributed by atoms with E-state index < -0.39 is 0 Å². The summed E-state index contributed by atoms with van der Waals surface area (Å²) < 4.78 is 5.17. The number of carbonyl (C=O) groups excluding carboxylic acids is 1. The summed E-state index contributed by atoms with van der Waals surface area (Å²) in [6.45, 7) is 3.97. The molecule has 0 saturated carbocycles. The molecule has 25 heavy (non-hydrogen) atoms. The first kappa shape index (κ1) is 15.0. The Morgan fingerprint density at radius 1 is 1.48 bits per heavy atom. The van der Waals surface area contributed by atoms with Gasteiger partial charge in [-0.25, -0.2) is 4.79 Å². The van der Waals surface area contributed by atoms with Crippen LogP contribution in [0, 0.1) is 5.92 Å². The molecule has 3 atom stereocenters. The van der Waals surface area contributed by atoms with E-state index in [9.17, 15) is 9.90 Å². The number of nitrogens with zero attached hydrogens (tertiary/aromatic N) is 1. The largest absolute Gasteiger partial charge is 0.506 e. The highest BCUT2D eigenvalue weighted by atomic mass is 16.5. The monoisotopic (exact) mass is 338 g/mol. The number of fused-ring (bicyclic) bond motifs is 2. The number of allylic oxidation sites excluding steroid dienone is 1. The molecule has 3 aliphatic heterocycles. The smallest absolute Gasteiger partial charge is 0.336 e. The van der Waals surface area contributed by atoms with Crippen LogP contribution in [-0.4, -0.2) is 42.2 Å². The number of anilines is 1. The van der Waals surface area contributed by atoms with E-state index in [1.807, 2.05) is 6.07 Å². The fraction of sp³-hybridized carbons (Fsp3) is 0.450. The SMILES string of the molecule is CC=C1CN2CC[C@]34C(=C(C(=O)OC)[C@H]1C[C@H]23)Nc1c(O)cccc14. The quantitative estimate of drug-likeness (QED) is 0.468. The van der Waals surface area contributed by atoms with Crippen molar-refractivity contribution < 1.29 is 14.6 Å². The van der Waals surface area contributed by atoms with E-state index in [-0.39, 0.29) is 23.1 Å². The molecule has 2 bridgehead atoms. The molecule has 2 fully saturated rings. The number of phenolic OH excluding ortho intramolecular Hbond substituents is 1. The van der Waals surface area contributed by atoms with Crippen LogP contribution in [0.2, 0.25) is 0 Å². The van der Waals surface area contributed by atoms with Crippen molar-refractivity contribution in [2.45, 2.75) is 31.2 Å². The molecule has 0 radical (unpaired) electrons. The van der Waals surface area contributed by atoms with Crippen molar-refractivity contribution in [2.75, 3.05) is 25.5 Å². The molecule has 4 aliphatic rings. The Hall–Kier alpha value is -2.27. The highest BCUT2D eigenvalue weighted by Crippen LogP contribution is 2.62. The lowest BCUT2D eigenvalue weighted by molar-refractivity contribution is -0.137. The van der Waals surface area contributed by atoms with Gasteiger partial charge < -0.3 is 15.2 Å². The number of hydrogen-bond acceptors (Lipinski definition) is 5. The molecular formula is C20H22N2O3. The van der Waals surface area contributed by atoms with E-state index >= 15 is 0 Å². The third-order valence-electron chi connectivity index (χ3n) is 6.71. The minimum Gasteiger partial charge on any atom is -0.506 e. The number of carbonyl (C=O) groups is 1. The predicted molar refractivity (Wildman–Crippen MR) is 94.3 cm³/mol. The fourth-order valence-corrected chi connectivity index (χ4v) is 5.67. The molecule has 3 heterocycles. The van der Waals surface area contributed by atoms with Crippen LogP contribution >= 0.6 is 0 Å². The zero-order chi connectivity index (χ0) is 17.3. The first-order valence-corrected chi connectivity index (χ1v) is 8.93. The van der Waals surface area contributed by atoms with Gasteiger partial charge in [-0.05, 0) is 31.4 Å². The maximum Gasteiger partial charge on any atom is 0.336 e. The summed E-state index contributed by atoms with van der Waals surface area (Å²) in [5, 5.41) is 13.8. The Labute approximate surface area is 147 Å². The molecule has 0 unspecified atom stereocenters. The summed E-state index contributed by atoms with van der Waals surface area (Å²) in [4.78, 5) is 15.3. The number of rotatable bonds is 1. The summed E-state index contributed by atoms with van der Waals surface area (Å²) in [5.74, 6) is 0.0958. The van der Waals surface area contributed by atoms with E-state index in [2.05, 4.69) is 29.3 Å². The van der Waals surface area contributed by atoms with Gasteiger partial charge in [0.25, 0.3) is 0 Å². The number of methoxy groups -OCH3 is 1. The Morgan fingerprint density at radius 2 is 2.32 bits per heavy atom. The van der Waals surface area contributed by atoms with Crippen molar-refractivity contribution in [3.63, 3.8) is 0 Å². The van der Waals surface area contributed by atoms with E-state index in [1.165, 1.54) is 12.7 Å². The van der Waals surface area contributed by atoms with Gasteiger partial charge in [-0.1, -0.05) is 23.8 Å². The molecule has 1 spiro atoms. The molecule has 2 saturated heterocycles. The van der Waals surface area contributed by atoms with Crippen molar-refractivity contribution in [1.82, 2.24) is 4.90 Å². The van der Waals surface area contributed by atoms with Crippen LogP contribution in [-0.2, 0) is 14.9 Å². The van der Waals surface area contributed by atoms with Crippen molar-refractivity contribution in [3.05, 3.63) is 46.7 Å². The summed E-state index contributed by atoms with van der Waals surface area (Å²) in [6, 6.07) is 6.06. The first-order valence-electron chi connectivity index (χ1n) is 8.93. The van der Waals surface area contributed by atoms with Crippen LogP contribution in [0.5, 0.6) is 5.75 Å². The van der Waals surface area contributed by atoms with Gasteiger partial charge in [-0.3, -0.25) is 4.90 Å². The zero-order valence-electron chi connectivity index (χ0n) is 14.5. The molecule has 2 N–H and O–H groups in total. The number of hydrogen-bond donors (Lipinski definition) is 2. The van der Waals surface area contributed by atoms with Gasteiger partial charge >= 0.3 is 5.97 Å². The Balaban J connectivity index is 1.83. The number of phenols is 1. The summed E-state index contributed by atoms with van der Waals surface area (Å²) in [5.41, 5.74) is 4.66. The molecule has 0 aromatic heterocycles. The van der Waals surface area contributed by atoms with Gasteiger partial charge in [0.05, 0.1) is 23.8 Å². The minimum absolute atomic E-state index is 0.101. The number of benzene rings is 1. The number of piperidine rings is 1. The van der Waals surface area contributed by atoms with Crippen LogP contribution in [0.15, 0.2) is 41.1 Å². The molecule has 0 amide bonds. The second-order valence-electron chi connectivity index (χ2n) is 7.46. The second-order valence-corrected chi connectivity index (χ2v) is 7.46. The highest BCUT2D eigenvalue weighted by molar-refractivity contribution is 5.94. The van der Waals surface area contributed by atoms with Gasteiger partial charge in [-0.15, -0.1) is 0 Å². The van der Waals surface area contributed by atoms with Crippen LogP contribution in [0.1, 0.15) is 25.3 Å². The van der Waals surface area contributed by atoms with Gasteiger partial charge in [0, 0.05) is 30.7 Å². The summed E-state index contributed by atoms with van der Waals surface area (Å²) in [7, 11) is 1.45. The topological polar surface area (TPSA) is 61.8 Å². The molecular weight excluding hydrogens is 316 g/mol. The lowest BCUT2D eigenvalue weighted by Gasteiger charge is -2.48. The predicted octanol–water partition coefficient (Wildman–Crippen LogP) is 2.54. The minimum atomic E-state index is -0.252. The standard InChI is InChI=1S/C20H22N2O3/c1-3-11-10-22-8-7-20-13-5-4-6-14(23)17(13)21-18(20)16(19(24)25-2)12(11)9-15(20)22/h3-6,12,15,21,23H,7-10H2,1-2H3/t12-,15-,20+/m0/s1. The van der Waals surface area contributed by atoms with Crippen molar-refractivity contribution >= 4 is 11.7 Å². The number of aromatic hydroxyl groups is 1. The average Bonchev–Trinajstić information content (AvgIpc) is 3.18. The van der Waals surface area contributed by atoms with Crippen molar-refractivity contribution in [2.24, 2.45) is 5.92 Å². The van der Waals surface area contributed by atoms with E-state index in [0.29, 0.717) is 6.04 Å². The van der Waals surface area contributed by atoms with Gasteiger partial charge in [0.2, 0.25) is 0 Å². The maximum atomic E-state index is 12.8. The number of para-hydroxylation sites is 1. The number of ether oxygens (including phenoxy) is 1. The van der Waals surface area contributed by atoms with E-state index in [1.54, 1.807) is 6.07 Å². The Kier molecular flexibility index (Phi) is 2.93. The average molecular weight is 338 g/mol. The lowest BCUT2D eigenvalue weighted by atomic mass is 9.62. The molecule has 5 nitrogen and oxygen atoms in total. The van der Waals surface area contributed by atoms with E-state index in [0.717, 1.165) is 48.5 Å². The van der Waals surface area contributed by atoms with Gasteiger partial charge in [0.1, 0.15) is 5.75 Å². The molecule has 130 valence electrons. The lowest BCUT2D eigenvalue weighted by Crippen LogP contribution is -2.53. The Bertz CT molecular complexity index is 856. The number of nitrogens with one attached hydrogen (secondary N) is 1. The third kappa shape index (κ3) is 1.64. The third-order valence-corrected chi connectivity index (χ3v) is 6.71. The van der Waals surface area contributed by atoms with Crippen LogP contribution in [0.4, 0.5) is 5.69 Å². The second kappa shape index (κ2) is 4.88. The summed E-state index contributed by atoms with van der Waals surface area (Å²) in [6.07, 6.45) is 4.04. The molecule has 5 heteroatoms. The van der Waals surface area contributed by atoms with Crippen LogP contribution in [0.3, 0.4) is 0 Å². The van der Waals surface area contributed by atoms with Gasteiger partial charge in [0.15, 0.2) is 0 Å². The van der Waals surface area contributed by atoms with Gasteiger partial charge in [-0.2, -0.15) is 0 Å². The molecule has 1 aromatic rings. The Morgan fingerprint density at radius 3 is 3.08 bits per heavy atom. The van der Waals surface area contributed by atoms with Crippen LogP contribution in [0.25, 0.3) is 0 Å². The number of esters is 1. The summed E-state index contributed by atoms with van der Waals surface area (Å²) >= 11 is 0. The zero-order valence-corrected chi connectivity index (χ0v) is 14.5. The van der Waals surface area contributed by atoms with Crippen molar-refractivity contribution in [1.29, 1.82) is 0 Å². The van der Waals surface area contributed by atoms with Crippen LogP contribution < -0.4 is 5.32 Å². The highest BCUT2D eigenvalue weighted by Gasteiger charge is 2.62. The van der Waals surface area contributed by atoms with Crippen molar-refractivity contribution in [3.8, 4) is 5.75 Å². The molecule has 1 aliphatic carbocycles. The molecule has 1 aromatic carbocycles. The van der Waals surface area contributed by atoms with E-state index in [4.69, 9.17) is 4.74 Å². The normalized spacial score (nSPS) is 33.9. The first-order chi connectivity index (χ1) is 12.1. The molecule has 5 rings (SSSR count). The fourth-order valence-electron chi connectivity index (χ4n) is 5.67.